The van der Waals surface area contributed by atoms with Crippen molar-refractivity contribution in [2.75, 3.05) is 13.2 Å². The Morgan fingerprint density at radius 3 is 1.33 bits per heavy atom. The molecule has 0 saturated heterocycles. The maximum absolute atomic E-state index is 5.96. The third-order valence-electron chi connectivity index (χ3n) is 4.88. The summed E-state index contributed by atoms with van der Waals surface area (Å²) >= 11 is 0. The lowest BCUT2D eigenvalue weighted by molar-refractivity contribution is 0.228. The second kappa shape index (κ2) is 13.1. The van der Waals surface area contributed by atoms with Gasteiger partial charge in [0.25, 0.3) is 0 Å². The first-order valence-electron chi connectivity index (χ1n) is 10.1. The molecule has 24 heavy (non-hydrogen) atoms. The third-order valence-corrected chi connectivity index (χ3v) is 4.88. The first-order valence-corrected chi connectivity index (χ1v) is 10.1. The smallest absolute Gasteiger partial charge is 0.119 e. The van der Waals surface area contributed by atoms with Crippen LogP contribution in [0.4, 0.5) is 0 Å². The highest BCUT2D eigenvalue weighted by atomic mass is 16.5. The molecule has 2 nitrogen and oxygen atoms in total. The van der Waals surface area contributed by atoms with Gasteiger partial charge in [-0.25, -0.2) is 0 Å². The topological polar surface area (TPSA) is 18.5 Å². The summed E-state index contributed by atoms with van der Waals surface area (Å²) in [6, 6.07) is 8.15. The molecule has 2 unspecified atom stereocenters. The molecule has 138 valence electrons. The predicted octanol–water partition coefficient (Wildman–Crippen LogP) is 6.88. The molecule has 0 N–H and O–H groups in total. The van der Waals surface area contributed by atoms with Gasteiger partial charge in [0.05, 0.1) is 13.2 Å². The zero-order valence-electron chi connectivity index (χ0n) is 16.4. The second-order valence-corrected chi connectivity index (χ2v) is 6.93. The lowest BCUT2D eigenvalue weighted by Crippen LogP contribution is -2.12. The summed E-state index contributed by atoms with van der Waals surface area (Å²) in [4.78, 5) is 0. The summed E-state index contributed by atoms with van der Waals surface area (Å²) in [7, 11) is 0. The van der Waals surface area contributed by atoms with Gasteiger partial charge in [0.1, 0.15) is 11.5 Å². The average molecular weight is 335 g/mol. The molecule has 1 rings (SSSR count). The van der Waals surface area contributed by atoms with Crippen LogP contribution < -0.4 is 9.47 Å². The van der Waals surface area contributed by atoms with Gasteiger partial charge in [0.15, 0.2) is 0 Å². The van der Waals surface area contributed by atoms with Crippen molar-refractivity contribution in [1.82, 2.24) is 0 Å². The van der Waals surface area contributed by atoms with E-state index in [9.17, 15) is 0 Å². The van der Waals surface area contributed by atoms with Crippen LogP contribution >= 0.6 is 0 Å². The molecule has 0 aromatic heterocycles. The zero-order chi connectivity index (χ0) is 17.6. The molecule has 1 aromatic carbocycles. The molecule has 0 spiro atoms. The van der Waals surface area contributed by atoms with E-state index in [2.05, 4.69) is 27.7 Å². The van der Waals surface area contributed by atoms with Crippen LogP contribution in [0, 0.1) is 11.8 Å². The Labute approximate surface area is 149 Å². The molecule has 0 bridgehead atoms. The maximum atomic E-state index is 5.96. The van der Waals surface area contributed by atoms with Crippen LogP contribution in [-0.2, 0) is 0 Å². The number of ether oxygens (including phenoxy) is 2. The van der Waals surface area contributed by atoms with Crippen LogP contribution in [0.25, 0.3) is 0 Å². The normalized spacial score (nSPS) is 13.5. The highest BCUT2D eigenvalue weighted by Crippen LogP contribution is 2.21. The van der Waals surface area contributed by atoms with Gasteiger partial charge < -0.3 is 9.47 Å². The molecule has 2 atom stereocenters. The fraction of sp³-hybridized carbons (Fsp3) is 0.727. The van der Waals surface area contributed by atoms with Gasteiger partial charge in [-0.15, -0.1) is 0 Å². The molecule has 0 aliphatic heterocycles. The van der Waals surface area contributed by atoms with Crippen LogP contribution in [-0.4, -0.2) is 13.2 Å². The Morgan fingerprint density at radius 2 is 1.04 bits per heavy atom. The van der Waals surface area contributed by atoms with Crippen molar-refractivity contribution < 1.29 is 9.47 Å². The number of hydrogen-bond donors (Lipinski definition) is 0. The summed E-state index contributed by atoms with van der Waals surface area (Å²) in [5, 5.41) is 0. The number of rotatable bonds is 14. The summed E-state index contributed by atoms with van der Waals surface area (Å²) in [5.41, 5.74) is 0. The number of hydrogen-bond acceptors (Lipinski definition) is 2. The van der Waals surface area contributed by atoms with Crippen molar-refractivity contribution in [2.24, 2.45) is 11.8 Å². The molecule has 0 aliphatic rings. The lowest BCUT2D eigenvalue weighted by atomic mass is 10.0. The minimum atomic E-state index is 0.671. The molecule has 0 saturated carbocycles. The quantitative estimate of drug-likeness (QED) is 0.369. The van der Waals surface area contributed by atoms with E-state index in [1.165, 1.54) is 51.4 Å². The van der Waals surface area contributed by atoms with Gasteiger partial charge in [0, 0.05) is 0 Å². The first kappa shape index (κ1) is 20.9. The van der Waals surface area contributed by atoms with Crippen molar-refractivity contribution in [3.05, 3.63) is 24.3 Å². The molecular formula is C22H38O2. The maximum Gasteiger partial charge on any atom is 0.119 e. The van der Waals surface area contributed by atoms with E-state index in [4.69, 9.17) is 9.47 Å². The fourth-order valence-corrected chi connectivity index (χ4v) is 2.86. The Balaban J connectivity index is 2.36. The van der Waals surface area contributed by atoms with Crippen LogP contribution in [0.1, 0.15) is 79.1 Å². The Morgan fingerprint density at radius 1 is 0.667 bits per heavy atom. The van der Waals surface area contributed by atoms with Crippen molar-refractivity contribution in [2.45, 2.75) is 79.1 Å². The largest absolute Gasteiger partial charge is 0.493 e. The van der Waals surface area contributed by atoms with Gasteiger partial charge in [-0.05, 0) is 48.9 Å². The van der Waals surface area contributed by atoms with Gasteiger partial charge >= 0.3 is 0 Å². The van der Waals surface area contributed by atoms with E-state index in [0.717, 1.165) is 24.7 Å². The van der Waals surface area contributed by atoms with E-state index in [-0.39, 0.29) is 0 Å². The third kappa shape index (κ3) is 8.61. The highest BCUT2D eigenvalue weighted by Gasteiger charge is 2.08. The Bertz CT molecular complexity index is 360. The van der Waals surface area contributed by atoms with E-state index >= 15 is 0 Å². The van der Waals surface area contributed by atoms with Crippen molar-refractivity contribution >= 4 is 0 Å². The molecular weight excluding hydrogens is 296 g/mol. The monoisotopic (exact) mass is 334 g/mol. The summed E-state index contributed by atoms with van der Waals surface area (Å²) in [6.07, 6.45) is 10.0. The standard InChI is InChI=1S/C22H38O2/c1-5-9-11-19(7-3)17-23-21-13-15-22(16-14-21)24-18-20(8-4)12-10-6-2/h13-16,19-20H,5-12,17-18H2,1-4H3. The fourth-order valence-electron chi connectivity index (χ4n) is 2.86. The van der Waals surface area contributed by atoms with Crippen LogP contribution in [0.5, 0.6) is 11.5 Å². The molecule has 0 fully saturated rings. The minimum absolute atomic E-state index is 0.671. The Hall–Kier alpha value is -1.18. The van der Waals surface area contributed by atoms with Crippen LogP contribution in [0.2, 0.25) is 0 Å². The molecule has 1 aromatic rings. The first-order chi connectivity index (χ1) is 11.7. The molecule has 0 aliphatic carbocycles. The highest BCUT2D eigenvalue weighted by molar-refractivity contribution is 5.31. The van der Waals surface area contributed by atoms with Crippen molar-refractivity contribution in [3.8, 4) is 11.5 Å². The van der Waals surface area contributed by atoms with Crippen molar-refractivity contribution in [1.29, 1.82) is 0 Å². The van der Waals surface area contributed by atoms with Gasteiger partial charge in [-0.2, -0.15) is 0 Å². The van der Waals surface area contributed by atoms with Gasteiger partial charge in [-0.1, -0.05) is 66.2 Å². The molecule has 0 heterocycles. The molecule has 0 radical (unpaired) electrons. The van der Waals surface area contributed by atoms with Crippen LogP contribution in [0.3, 0.4) is 0 Å². The van der Waals surface area contributed by atoms with Gasteiger partial charge in [0.2, 0.25) is 0 Å². The summed E-state index contributed by atoms with van der Waals surface area (Å²) in [6.45, 7) is 10.7. The van der Waals surface area contributed by atoms with E-state index in [1.807, 2.05) is 24.3 Å². The predicted molar refractivity (Wildman–Crippen MR) is 104 cm³/mol. The summed E-state index contributed by atoms with van der Waals surface area (Å²) < 4.78 is 11.9. The van der Waals surface area contributed by atoms with Crippen LogP contribution in [0.15, 0.2) is 24.3 Å². The van der Waals surface area contributed by atoms with E-state index in [1.54, 1.807) is 0 Å². The number of unbranched alkanes of at least 4 members (excludes halogenated alkanes) is 2. The average Bonchev–Trinajstić information content (AvgIpc) is 2.63. The van der Waals surface area contributed by atoms with Crippen molar-refractivity contribution in [3.63, 3.8) is 0 Å². The van der Waals surface area contributed by atoms with E-state index in [0.29, 0.717) is 11.8 Å². The molecule has 0 amide bonds. The molecule has 2 heteroatoms. The lowest BCUT2D eigenvalue weighted by Gasteiger charge is -2.17. The second-order valence-electron chi connectivity index (χ2n) is 6.93. The Kier molecular flexibility index (Phi) is 11.4. The SMILES string of the molecule is CCCCC(CC)COc1ccc(OCC(CC)CCCC)cc1. The van der Waals surface area contributed by atoms with E-state index < -0.39 is 0 Å². The van der Waals surface area contributed by atoms with Gasteiger partial charge in [-0.3, -0.25) is 0 Å². The zero-order valence-corrected chi connectivity index (χ0v) is 16.4. The number of benzene rings is 1. The summed E-state index contributed by atoms with van der Waals surface area (Å²) in [5.74, 6) is 3.25. The minimum Gasteiger partial charge on any atom is -0.493 e.